The molecule has 0 spiro atoms. The van der Waals surface area contributed by atoms with E-state index in [0.29, 0.717) is 48.7 Å². The monoisotopic (exact) mass is 608 g/mol. The fraction of sp³-hybridized carbons (Fsp3) is 0.286. The number of nitrogens with one attached hydrogen (secondary N) is 1. The second-order valence-electron chi connectivity index (χ2n) is 9.84. The molecule has 2 aliphatic heterocycles. The van der Waals surface area contributed by atoms with Gasteiger partial charge in [0.15, 0.2) is 0 Å². The van der Waals surface area contributed by atoms with Gasteiger partial charge in [0.1, 0.15) is 6.73 Å². The molecule has 1 N–H and O–H groups in total. The van der Waals surface area contributed by atoms with E-state index in [1.807, 2.05) is 77.1 Å². The molecule has 2 aromatic carbocycles. The number of phosphoric ester groups is 1. The Morgan fingerprint density at radius 1 is 0.905 bits per heavy atom. The van der Waals surface area contributed by atoms with Crippen LogP contribution in [0.5, 0.6) is 0 Å². The van der Waals surface area contributed by atoms with E-state index in [2.05, 4.69) is 9.84 Å². The average molecular weight is 608 g/mol. The number of imide groups is 1. The van der Waals surface area contributed by atoms with E-state index in [-0.39, 0.29) is 76.4 Å². The summed E-state index contributed by atoms with van der Waals surface area (Å²) in [5.74, 6) is -1.46. The number of amides is 2. The summed E-state index contributed by atoms with van der Waals surface area (Å²) in [4.78, 5) is 50.9. The van der Waals surface area contributed by atoms with Crippen LogP contribution in [-0.2, 0) is 36.5 Å². The number of hydrogen-bond acceptors (Lipinski definition) is 8. The molecule has 0 aliphatic carbocycles. The topological polar surface area (TPSA) is 141 Å². The van der Waals surface area contributed by atoms with Gasteiger partial charge in [0.2, 0.25) is 0 Å². The number of aromatic nitrogens is 2. The van der Waals surface area contributed by atoms with Gasteiger partial charge in [-0.05, 0) is 25.6 Å². The molecule has 0 radical (unpaired) electrons. The summed E-state index contributed by atoms with van der Waals surface area (Å²) in [5.41, 5.74) is 3.07. The molecule has 208 valence electrons. The zero-order valence-electron chi connectivity index (χ0n) is 23.7. The molecule has 42 heavy (non-hydrogen) atoms. The molecule has 2 amide bonds. The molecular weight excluding hydrogens is 581 g/mol. The Balaban J connectivity index is 0.00000202. The van der Waals surface area contributed by atoms with Crippen molar-refractivity contribution in [2.75, 3.05) is 26.9 Å². The number of carbonyl (C=O) groups is 2. The first kappa shape index (κ1) is 33.3. The van der Waals surface area contributed by atoms with Crippen molar-refractivity contribution in [2.24, 2.45) is 0 Å². The normalized spacial score (nSPS) is 17.7. The minimum absolute atomic E-state index is 0. The van der Waals surface area contributed by atoms with E-state index >= 15 is 0 Å². The number of aryl methyl sites for hydroxylation is 1. The van der Waals surface area contributed by atoms with Crippen molar-refractivity contribution in [3.63, 3.8) is 0 Å². The van der Waals surface area contributed by atoms with Crippen LogP contribution in [-0.4, -0.2) is 58.9 Å². The van der Waals surface area contributed by atoms with Gasteiger partial charge in [0.05, 0.1) is 31.7 Å². The molecular formula is C28H27N4Na2O7P. The van der Waals surface area contributed by atoms with Gasteiger partial charge in [-0.1, -0.05) is 36.4 Å². The number of carbonyl (C=O) groups excluding carboxylic acids is 2. The van der Waals surface area contributed by atoms with Gasteiger partial charge in [-0.15, -0.1) is 0 Å². The van der Waals surface area contributed by atoms with Crippen LogP contribution in [0.15, 0.2) is 60.9 Å². The number of hydrogen-bond donors (Lipinski definition) is 1. The van der Waals surface area contributed by atoms with E-state index in [4.69, 9.17) is 4.74 Å². The van der Waals surface area contributed by atoms with Crippen molar-refractivity contribution in [1.82, 2.24) is 19.4 Å². The first-order valence-corrected chi connectivity index (χ1v) is 14.4. The Kier molecular flexibility index (Phi) is 10.8. The Bertz CT molecular complexity index is 1730. The summed E-state index contributed by atoms with van der Waals surface area (Å²) >= 11 is 0. The fourth-order valence-electron chi connectivity index (χ4n) is 5.66. The molecule has 4 bridgehead atoms. The van der Waals surface area contributed by atoms with Crippen molar-refractivity contribution >= 4 is 52.6 Å². The second-order valence-corrected chi connectivity index (χ2v) is 11.0. The SMILES string of the molecule is CNC[C@@H]1CCn2cc(c3ccccc32)C2=C(C(=O)N(COP(=O)([O-])[O-])C2=O)c2cn(c3ccccc23)CCO1.[Na+].[Na+]. The standard InChI is InChI=1S/C28H29N4O7P.2Na/c1-29-14-18-10-11-30-15-21(19-6-2-4-8-23(19)30)25-26(28(34)32(27(25)33)17-39-40(35,36)37)22-16-31(12-13-38-18)24-9-5-3-7-20(22)24;;/h2-9,15-16,18,29H,10-14,17H2,1H3,(H2,35,36,37);;/q;2*+1/p-2/t18-;;/m0../s1. The third kappa shape index (κ3) is 6.30. The van der Waals surface area contributed by atoms with Gasteiger partial charge in [-0.3, -0.25) is 9.59 Å². The third-order valence-corrected chi connectivity index (χ3v) is 7.87. The molecule has 2 aromatic heterocycles. The number of rotatable bonds is 5. The summed E-state index contributed by atoms with van der Waals surface area (Å²) in [6, 6.07) is 15.1. The summed E-state index contributed by atoms with van der Waals surface area (Å²) in [6.07, 6.45) is 4.33. The summed E-state index contributed by atoms with van der Waals surface area (Å²) in [6.45, 7) is 1.23. The van der Waals surface area contributed by atoms with Crippen molar-refractivity contribution in [1.29, 1.82) is 0 Å². The minimum Gasteiger partial charge on any atom is -0.790 e. The van der Waals surface area contributed by atoms with E-state index in [0.717, 1.165) is 21.8 Å². The van der Waals surface area contributed by atoms with Crippen LogP contribution >= 0.6 is 7.82 Å². The van der Waals surface area contributed by atoms with Gasteiger partial charge in [-0.2, -0.15) is 0 Å². The van der Waals surface area contributed by atoms with Crippen molar-refractivity contribution in [2.45, 2.75) is 25.6 Å². The number of ether oxygens (including phenoxy) is 1. The number of phosphoric acid groups is 1. The van der Waals surface area contributed by atoms with Gasteiger partial charge >= 0.3 is 59.1 Å². The van der Waals surface area contributed by atoms with E-state index in [1.54, 1.807) is 0 Å². The Labute approximate surface area is 286 Å². The van der Waals surface area contributed by atoms with E-state index < -0.39 is 26.4 Å². The Hall–Kier alpha value is -1.57. The smallest absolute Gasteiger partial charge is 0.790 e. The van der Waals surface area contributed by atoms with E-state index in [9.17, 15) is 23.9 Å². The number of benzene rings is 2. The van der Waals surface area contributed by atoms with E-state index in [1.165, 1.54) is 0 Å². The summed E-state index contributed by atoms with van der Waals surface area (Å²) in [7, 11) is -3.56. The quantitative estimate of drug-likeness (QED) is 0.136. The molecule has 4 aromatic rings. The van der Waals surface area contributed by atoms with Crippen molar-refractivity contribution in [3.05, 3.63) is 72.1 Å². The van der Waals surface area contributed by atoms with Gasteiger partial charge in [0.25, 0.3) is 11.8 Å². The second kappa shape index (κ2) is 13.6. The van der Waals surface area contributed by atoms with Crippen LogP contribution in [0.1, 0.15) is 17.5 Å². The third-order valence-electron chi connectivity index (χ3n) is 7.44. The maximum absolute atomic E-state index is 13.9. The molecule has 0 saturated carbocycles. The van der Waals surface area contributed by atoms with Crippen LogP contribution in [0.2, 0.25) is 0 Å². The Morgan fingerprint density at radius 3 is 1.95 bits per heavy atom. The van der Waals surface area contributed by atoms with Gasteiger partial charge in [-0.25, -0.2) is 4.90 Å². The number of fused-ring (bicyclic) bond motifs is 12. The van der Waals surface area contributed by atoms with Crippen LogP contribution in [0.4, 0.5) is 0 Å². The first-order valence-electron chi connectivity index (χ1n) is 13.0. The van der Waals surface area contributed by atoms with Crippen LogP contribution in [0, 0.1) is 0 Å². The molecule has 6 rings (SSSR count). The Morgan fingerprint density at radius 2 is 1.43 bits per heavy atom. The van der Waals surface area contributed by atoms with Gasteiger partial charge in [0, 0.05) is 65.0 Å². The minimum atomic E-state index is -5.44. The van der Waals surface area contributed by atoms with Gasteiger partial charge < -0.3 is 38.1 Å². The zero-order chi connectivity index (χ0) is 28.0. The average Bonchev–Trinajstić information content (AvgIpc) is 3.55. The van der Waals surface area contributed by atoms with Crippen LogP contribution in [0.25, 0.3) is 33.0 Å². The maximum Gasteiger partial charge on any atom is 1.00 e. The summed E-state index contributed by atoms with van der Waals surface area (Å²) in [5, 5.41) is 4.71. The predicted octanol–water partition coefficient (Wildman–Crippen LogP) is -4.31. The predicted molar refractivity (Wildman–Crippen MR) is 144 cm³/mol. The molecule has 0 saturated heterocycles. The molecule has 2 aliphatic rings. The van der Waals surface area contributed by atoms with Crippen LogP contribution < -0.4 is 74.2 Å². The summed E-state index contributed by atoms with van der Waals surface area (Å²) < 4.78 is 25.9. The van der Waals surface area contributed by atoms with Crippen molar-refractivity contribution < 1.29 is 92.3 Å². The number of para-hydroxylation sites is 2. The zero-order valence-corrected chi connectivity index (χ0v) is 28.6. The molecule has 0 unspecified atom stereocenters. The first-order chi connectivity index (χ1) is 19.3. The maximum atomic E-state index is 13.9. The molecule has 4 heterocycles. The molecule has 1 atom stereocenters. The van der Waals surface area contributed by atoms with Crippen LogP contribution in [0.3, 0.4) is 0 Å². The fourth-order valence-corrected chi connectivity index (χ4v) is 5.91. The number of nitrogens with zero attached hydrogens (tertiary/aromatic N) is 3. The molecule has 0 fully saturated rings. The number of likely N-dealkylation sites (N-methyl/N-ethyl adjacent to an activating group) is 1. The van der Waals surface area contributed by atoms with Crippen molar-refractivity contribution in [3.8, 4) is 0 Å². The molecule has 11 nitrogen and oxygen atoms in total. The largest absolute Gasteiger partial charge is 1.00 e. The molecule has 14 heteroatoms.